The average Bonchev–Trinajstić information content (AvgIpc) is 2.82. The topological polar surface area (TPSA) is 67.5 Å². The molecule has 112 valence electrons. The standard InChI is InChI=1S/C15H19N3O3/c1-10(2)18-12-4-3-11(9-13(12)21-15(18)20)14(19)17-7-5-16-6-8-17/h3-4,9-10,16H,5-8H2,1-2H3. The molecule has 0 atom stereocenters. The Morgan fingerprint density at radius 3 is 2.67 bits per heavy atom. The van der Waals surface area contributed by atoms with E-state index < -0.39 is 0 Å². The van der Waals surface area contributed by atoms with E-state index in [-0.39, 0.29) is 17.7 Å². The highest BCUT2D eigenvalue weighted by molar-refractivity contribution is 5.97. The highest BCUT2D eigenvalue weighted by atomic mass is 16.4. The summed E-state index contributed by atoms with van der Waals surface area (Å²) < 4.78 is 6.85. The minimum Gasteiger partial charge on any atom is -0.408 e. The van der Waals surface area contributed by atoms with Gasteiger partial charge in [-0.3, -0.25) is 9.36 Å². The lowest BCUT2D eigenvalue weighted by molar-refractivity contribution is 0.0736. The Morgan fingerprint density at radius 1 is 1.29 bits per heavy atom. The van der Waals surface area contributed by atoms with Crippen LogP contribution in [-0.2, 0) is 0 Å². The zero-order valence-electron chi connectivity index (χ0n) is 12.3. The maximum absolute atomic E-state index is 12.4. The largest absolute Gasteiger partial charge is 0.420 e. The smallest absolute Gasteiger partial charge is 0.408 e. The molecule has 6 heteroatoms. The van der Waals surface area contributed by atoms with Crippen molar-refractivity contribution in [2.45, 2.75) is 19.9 Å². The number of aromatic nitrogens is 1. The van der Waals surface area contributed by atoms with E-state index in [2.05, 4.69) is 5.32 Å². The van der Waals surface area contributed by atoms with Crippen LogP contribution in [0.1, 0.15) is 30.2 Å². The van der Waals surface area contributed by atoms with E-state index in [1.54, 1.807) is 22.8 Å². The van der Waals surface area contributed by atoms with Crippen molar-refractivity contribution in [2.75, 3.05) is 26.2 Å². The molecule has 2 aromatic rings. The van der Waals surface area contributed by atoms with Crippen LogP contribution in [0.5, 0.6) is 0 Å². The Labute approximate surface area is 122 Å². The van der Waals surface area contributed by atoms with Gasteiger partial charge in [0, 0.05) is 37.8 Å². The molecule has 1 N–H and O–H groups in total. The van der Waals surface area contributed by atoms with Crippen LogP contribution in [-0.4, -0.2) is 41.6 Å². The van der Waals surface area contributed by atoms with Crippen molar-refractivity contribution in [3.05, 3.63) is 34.3 Å². The van der Waals surface area contributed by atoms with Crippen LogP contribution in [0.4, 0.5) is 0 Å². The van der Waals surface area contributed by atoms with Gasteiger partial charge in [0.1, 0.15) is 0 Å². The Bertz CT molecular complexity index is 723. The van der Waals surface area contributed by atoms with E-state index in [4.69, 9.17) is 4.42 Å². The SMILES string of the molecule is CC(C)n1c(=O)oc2cc(C(=O)N3CCNCC3)ccc21. The van der Waals surface area contributed by atoms with Crippen molar-refractivity contribution < 1.29 is 9.21 Å². The van der Waals surface area contributed by atoms with Gasteiger partial charge in [-0.15, -0.1) is 0 Å². The van der Waals surface area contributed by atoms with E-state index in [1.165, 1.54) is 0 Å². The van der Waals surface area contributed by atoms with Gasteiger partial charge in [0.25, 0.3) is 5.91 Å². The summed E-state index contributed by atoms with van der Waals surface area (Å²) in [5.41, 5.74) is 1.76. The number of hydrogen-bond donors (Lipinski definition) is 1. The number of amides is 1. The molecule has 1 aliphatic rings. The summed E-state index contributed by atoms with van der Waals surface area (Å²) in [6.07, 6.45) is 0. The number of carbonyl (C=O) groups is 1. The zero-order chi connectivity index (χ0) is 15.0. The van der Waals surface area contributed by atoms with Crippen molar-refractivity contribution in [3.63, 3.8) is 0 Å². The Hall–Kier alpha value is -2.08. The van der Waals surface area contributed by atoms with Gasteiger partial charge in [-0.1, -0.05) is 0 Å². The van der Waals surface area contributed by atoms with E-state index >= 15 is 0 Å². The molecule has 21 heavy (non-hydrogen) atoms. The second-order valence-electron chi connectivity index (χ2n) is 5.56. The number of oxazole rings is 1. The van der Waals surface area contributed by atoms with Gasteiger partial charge in [-0.05, 0) is 32.0 Å². The first kappa shape index (κ1) is 13.9. The van der Waals surface area contributed by atoms with Crippen molar-refractivity contribution >= 4 is 17.0 Å². The molecule has 0 radical (unpaired) electrons. The molecule has 2 heterocycles. The zero-order valence-corrected chi connectivity index (χ0v) is 12.3. The summed E-state index contributed by atoms with van der Waals surface area (Å²) >= 11 is 0. The third-order valence-electron chi connectivity index (χ3n) is 3.78. The highest BCUT2D eigenvalue weighted by Crippen LogP contribution is 2.19. The molecular formula is C15H19N3O3. The van der Waals surface area contributed by atoms with Crippen LogP contribution in [0.2, 0.25) is 0 Å². The lowest BCUT2D eigenvalue weighted by atomic mass is 10.1. The fourth-order valence-electron chi connectivity index (χ4n) is 2.71. The van der Waals surface area contributed by atoms with Crippen LogP contribution in [0, 0.1) is 0 Å². The molecule has 0 bridgehead atoms. The minimum atomic E-state index is -0.383. The fourth-order valence-corrected chi connectivity index (χ4v) is 2.71. The molecule has 1 aliphatic heterocycles. The first-order valence-electron chi connectivity index (χ1n) is 7.23. The number of carbonyl (C=O) groups excluding carboxylic acids is 1. The first-order valence-corrected chi connectivity index (χ1v) is 7.23. The summed E-state index contributed by atoms with van der Waals surface area (Å²) in [4.78, 5) is 26.1. The van der Waals surface area contributed by atoms with Crippen LogP contribution >= 0.6 is 0 Å². The minimum absolute atomic E-state index is 0.0154. The maximum Gasteiger partial charge on any atom is 0.420 e. The molecular weight excluding hydrogens is 270 g/mol. The first-order chi connectivity index (χ1) is 10.1. The third-order valence-corrected chi connectivity index (χ3v) is 3.78. The van der Waals surface area contributed by atoms with E-state index in [0.717, 1.165) is 18.6 Å². The predicted molar refractivity (Wildman–Crippen MR) is 79.6 cm³/mol. The number of fused-ring (bicyclic) bond motifs is 1. The number of nitrogens with zero attached hydrogens (tertiary/aromatic N) is 2. The van der Waals surface area contributed by atoms with Gasteiger partial charge in [0.05, 0.1) is 5.52 Å². The number of rotatable bonds is 2. The van der Waals surface area contributed by atoms with Crippen molar-refractivity contribution in [1.29, 1.82) is 0 Å². The van der Waals surface area contributed by atoms with Gasteiger partial charge in [0.15, 0.2) is 5.58 Å². The molecule has 0 unspecified atom stereocenters. The van der Waals surface area contributed by atoms with E-state index in [1.807, 2.05) is 18.7 Å². The normalized spacial score (nSPS) is 15.9. The summed E-state index contributed by atoms with van der Waals surface area (Å²) in [6, 6.07) is 5.24. The number of benzene rings is 1. The molecule has 1 aromatic carbocycles. The fraction of sp³-hybridized carbons (Fsp3) is 0.467. The maximum atomic E-state index is 12.4. The Balaban J connectivity index is 1.98. The molecule has 0 aliphatic carbocycles. The molecule has 0 spiro atoms. The Kier molecular flexibility index (Phi) is 3.55. The molecule has 1 amide bonds. The van der Waals surface area contributed by atoms with Gasteiger partial charge in [0.2, 0.25) is 0 Å². The molecule has 6 nitrogen and oxygen atoms in total. The van der Waals surface area contributed by atoms with E-state index in [9.17, 15) is 9.59 Å². The molecule has 1 fully saturated rings. The van der Waals surface area contributed by atoms with Crippen LogP contribution < -0.4 is 11.1 Å². The quantitative estimate of drug-likeness (QED) is 0.902. The van der Waals surface area contributed by atoms with Crippen molar-refractivity contribution in [1.82, 2.24) is 14.8 Å². The average molecular weight is 289 g/mol. The van der Waals surface area contributed by atoms with Gasteiger partial charge < -0.3 is 14.6 Å². The summed E-state index contributed by atoms with van der Waals surface area (Å²) in [7, 11) is 0. The third kappa shape index (κ3) is 2.47. The lowest BCUT2D eigenvalue weighted by Crippen LogP contribution is -2.46. The van der Waals surface area contributed by atoms with Gasteiger partial charge in [-0.2, -0.15) is 0 Å². The van der Waals surface area contributed by atoms with E-state index in [0.29, 0.717) is 24.2 Å². The number of hydrogen-bond acceptors (Lipinski definition) is 4. The Morgan fingerprint density at radius 2 is 2.00 bits per heavy atom. The van der Waals surface area contributed by atoms with Crippen LogP contribution in [0.25, 0.3) is 11.1 Å². The summed E-state index contributed by atoms with van der Waals surface area (Å²) in [5.74, 6) is -0.398. The molecule has 1 aromatic heterocycles. The second-order valence-corrected chi connectivity index (χ2v) is 5.56. The highest BCUT2D eigenvalue weighted by Gasteiger charge is 2.20. The summed E-state index contributed by atoms with van der Waals surface area (Å²) in [5, 5.41) is 3.22. The lowest BCUT2D eigenvalue weighted by Gasteiger charge is -2.27. The second kappa shape index (κ2) is 5.37. The van der Waals surface area contributed by atoms with Crippen molar-refractivity contribution in [2.24, 2.45) is 0 Å². The molecule has 3 rings (SSSR count). The molecule has 1 saturated heterocycles. The van der Waals surface area contributed by atoms with Crippen LogP contribution in [0.3, 0.4) is 0 Å². The van der Waals surface area contributed by atoms with Crippen LogP contribution in [0.15, 0.2) is 27.4 Å². The molecule has 0 saturated carbocycles. The van der Waals surface area contributed by atoms with Gasteiger partial charge >= 0.3 is 5.76 Å². The summed E-state index contributed by atoms with van der Waals surface area (Å²) in [6.45, 7) is 6.88. The monoisotopic (exact) mass is 289 g/mol. The predicted octanol–water partition coefficient (Wildman–Crippen LogP) is 1.22. The van der Waals surface area contributed by atoms with Gasteiger partial charge in [-0.25, -0.2) is 4.79 Å². The van der Waals surface area contributed by atoms with Crippen molar-refractivity contribution in [3.8, 4) is 0 Å². The number of nitrogens with one attached hydrogen (secondary N) is 1. The number of piperazine rings is 1.